The highest BCUT2D eigenvalue weighted by molar-refractivity contribution is 5.65. The van der Waals surface area contributed by atoms with Gasteiger partial charge in [-0.3, -0.25) is 0 Å². The molecule has 0 unspecified atom stereocenters. The molecule has 0 bridgehead atoms. The fraction of sp³-hybridized carbons (Fsp3) is 0.111. The highest BCUT2D eigenvalue weighted by Crippen LogP contribution is 2.22. The molecular formula is C9H9N7. The second kappa shape index (κ2) is 3.86. The van der Waals surface area contributed by atoms with Gasteiger partial charge in [0, 0.05) is 13.2 Å². The molecule has 2 rings (SSSR count). The second-order valence-corrected chi connectivity index (χ2v) is 2.96. The predicted molar refractivity (Wildman–Crippen MR) is 57.8 cm³/mol. The molecule has 7 nitrogen and oxygen atoms in total. The maximum Gasteiger partial charge on any atom is 0.178 e. The van der Waals surface area contributed by atoms with Gasteiger partial charge in [0.25, 0.3) is 0 Å². The highest BCUT2D eigenvalue weighted by atomic mass is 15.4. The van der Waals surface area contributed by atoms with Crippen LogP contribution in [0, 0.1) is 11.3 Å². The minimum atomic E-state index is 0.243. The largest absolute Gasteiger partial charge is 0.382 e. The van der Waals surface area contributed by atoms with Gasteiger partial charge in [-0.15, -0.1) is 10.2 Å². The van der Waals surface area contributed by atoms with Gasteiger partial charge in [0.1, 0.15) is 17.5 Å². The van der Waals surface area contributed by atoms with E-state index < -0.39 is 0 Å². The summed E-state index contributed by atoms with van der Waals surface area (Å²) < 4.78 is 1.37. The zero-order chi connectivity index (χ0) is 11.5. The molecule has 2 aromatic heterocycles. The average Bonchev–Trinajstić information content (AvgIpc) is 2.66. The summed E-state index contributed by atoms with van der Waals surface area (Å²) in [6.07, 6.45) is 1.55. The fourth-order valence-electron chi connectivity index (χ4n) is 1.30. The van der Waals surface area contributed by atoms with Crippen LogP contribution in [-0.2, 0) is 0 Å². The van der Waals surface area contributed by atoms with Gasteiger partial charge in [0.2, 0.25) is 0 Å². The van der Waals surface area contributed by atoms with Crippen LogP contribution in [0.15, 0.2) is 18.3 Å². The summed E-state index contributed by atoms with van der Waals surface area (Å²) in [6, 6.07) is 5.41. The molecule has 0 aliphatic rings. The highest BCUT2D eigenvalue weighted by Gasteiger charge is 2.15. The van der Waals surface area contributed by atoms with E-state index in [-0.39, 0.29) is 5.82 Å². The summed E-state index contributed by atoms with van der Waals surface area (Å²) in [5, 5.41) is 23.4. The smallest absolute Gasteiger partial charge is 0.178 e. The van der Waals surface area contributed by atoms with Crippen LogP contribution < -0.4 is 11.1 Å². The van der Waals surface area contributed by atoms with Crippen molar-refractivity contribution in [2.75, 3.05) is 18.1 Å². The Bertz CT molecular complexity index is 537. The first-order valence-corrected chi connectivity index (χ1v) is 4.52. The molecular weight excluding hydrogens is 206 g/mol. The summed E-state index contributed by atoms with van der Waals surface area (Å²) >= 11 is 0. The lowest BCUT2D eigenvalue weighted by molar-refractivity contribution is 0.825. The number of rotatable bonds is 2. The van der Waals surface area contributed by atoms with Crippen molar-refractivity contribution in [1.29, 1.82) is 5.26 Å². The number of hydrogen-bond acceptors (Lipinski definition) is 6. The SMILES string of the molecule is CNc1nn(-c2cccnn2)c(N)c1C#N. The predicted octanol–water partition coefficient (Wildman–Crippen LogP) is 0.158. The molecule has 0 amide bonds. The van der Waals surface area contributed by atoms with Crippen molar-refractivity contribution in [3.05, 3.63) is 23.9 Å². The Morgan fingerprint density at radius 2 is 2.38 bits per heavy atom. The van der Waals surface area contributed by atoms with Crippen LogP contribution in [0.25, 0.3) is 5.82 Å². The van der Waals surface area contributed by atoms with Crippen molar-refractivity contribution in [3.8, 4) is 11.9 Å². The van der Waals surface area contributed by atoms with E-state index in [0.29, 0.717) is 17.2 Å². The summed E-state index contributed by atoms with van der Waals surface area (Å²) in [5.74, 6) is 1.14. The van der Waals surface area contributed by atoms with Crippen LogP contribution in [0.3, 0.4) is 0 Å². The van der Waals surface area contributed by atoms with Crippen LogP contribution >= 0.6 is 0 Å². The molecule has 0 saturated heterocycles. The molecule has 80 valence electrons. The number of aromatic nitrogens is 4. The number of nitrogens with one attached hydrogen (secondary N) is 1. The molecule has 7 heteroatoms. The molecule has 0 aromatic carbocycles. The Labute approximate surface area is 91.5 Å². The molecule has 0 aliphatic heterocycles. The molecule has 16 heavy (non-hydrogen) atoms. The maximum absolute atomic E-state index is 8.93. The van der Waals surface area contributed by atoms with Crippen molar-refractivity contribution in [2.24, 2.45) is 0 Å². The van der Waals surface area contributed by atoms with Crippen LogP contribution in [0.2, 0.25) is 0 Å². The average molecular weight is 215 g/mol. The van der Waals surface area contributed by atoms with Crippen LogP contribution in [0.5, 0.6) is 0 Å². The van der Waals surface area contributed by atoms with Gasteiger partial charge in [-0.2, -0.15) is 15.0 Å². The standard InChI is InChI=1S/C9H9N7/c1-12-9-6(5-10)8(11)16(15-9)7-3-2-4-13-14-7/h2-4H,11H2,1H3,(H,12,15). The number of nitrogens with two attached hydrogens (primary N) is 1. The molecule has 2 aromatic rings. The first-order valence-electron chi connectivity index (χ1n) is 4.52. The molecule has 0 atom stereocenters. The third-order valence-corrected chi connectivity index (χ3v) is 2.04. The van der Waals surface area contributed by atoms with Crippen molar-refractivity contribution >= 4 is 11.6 Å². The normalized spacial score (nSPS) is 9.75. The first kappa shape index (κ1) is 9.92. The van der Waals surface area contributed by atoms with Gasteiger partial charge in [0.15, 0.2) is 11.6 Å². The van der Waals surface area contributed by atoms with Gasteiger partial charge in [-0.25, -0.2) is 0 Å². The van der Waals surface area contributed by atoms with E-state index in [9.17, 15) is 0 Å². The van der Waals surface area contributed by atoms with Crippen molar-refractivity contribution in [2.45, 2.75) is 0 Å². The lowest BCUT2D eigenvalue weighted by Crippen LogP contribution is -2.05. The van der Waals surface area contributed by atoms with Gasteiger partial charge >= 0.3 is 0 Å². The number of nitrogen functional groups attached to an aromatic ring is 1. The number of nitrogens with zero attached hydrogens (tertiary/aromatic N) is 5. The van der Waals surface area contributed by atoms with E-state index in [2.05, 4.69) is 20.6 Å². The first-order chi connectivity index (χ1) is 7.77. The van der Waals surface area contributed by atoms with Crippen molar-refractivity contribution in [1.82, 2.24) is 20.0 Å². The van der Waals surface area contributed by atoms with E-state index in [1.165, 1.54) is 4.68 Å². The lowest BCUT2D eigenvalue weighted by atomic mass is 10.3. The Morgan fingerprint density at radius 3 is 2.88 bits per heavy atom. The monoisotopic (exact) mass is 215 g/mol. The topological polar surface area (TPSA) is 105 Å². The summed E-state index contributed by atoms with van der Waals surface area (Å²) in [4.78, 5) is 0. The van der Waals surface area contributed by atoms with E-state index in [1.54, 1.807) is 25.4 Å². The zero-order valence-corrected chi connectivity index (χ0v) is 8.55. The summed E-state index contributed by atoms with van der Waals surface area (Å²) in [5.41, 5.74) is 6.09. The van der Waals surface area contributed by atoms with Gasteiger partial charge in [-0.1, -0.05) is 0 Å². The molecule has 0 spiro atoms. The quantitative estimate of drug-likeness (QED) is 0.739. The summed E-state index contributed by atoms with van der Waals surface area (Å²) in [6.45, 7) is 0. The minimum Gasteiger partial charge on any atom is -0.382 e. The minimum absolute atomic E-state index is 0.243. The zero-order valence-electron chi connectivity index (χ0n) is 8.55. The fourth-order valence-corrected chi connectivity index (χ4v) is 1.30. The van der Waals surface area contributed by atoms with Crippen molar-refractivity contribution in [3.63, 3.8) is 0 Å². The summed E-state index contributed by atoms with van der Waals surface area (Å²) in [7, 11) is 1.67. The van der Waals surface area contributed by atoms with Crippen molar-refractivity contribution < 1.29 is 0 Å². The lowest BCUT2D eigenvalue weighted by Gasteiger charge is -1.99. The molecule has 2 heterocycles. The van der Waals surface area contributed by atoms with E-state index >= 15 is 0 Å². The Kier molecular flexibility index (Phi) is 2.39. The number of anilines is 2. The molecule has 0 saturated carbocycles. The molecule has 3 N–H and O–H groups in total. The van der Waals surface area contributed by atoms with Gasteiger partial charge < -0.3 is 11.1 Å². The third kappa shape index (κ3) is 1.42. The number of nitriles is 1. The van der Waals surface area contributed by atoms with E-state index in [1.807, 2.05) is 6.07 Å². The molecule has 0 fully saturated rings. The number of hydrogen-bond donors (Lipinski definition) is 2. The van der Waals surface area contributed by atoms with Gasteiger partial charge in [0.05, 0.1) is 0 Å². The van der Waals surface area contributed by atoms with Gasteiger partial charge in [-0.05, 0) is 12.1 Å². The molecule has 0 aliphatic carbocycles. The van der Waals surface area contributed by atoms with Crippen LogP contribution in [-0.4, -0.2) is 27.0 Å². The van der Waals surface area contributed by atoms with E-state index in [0.717, 1.165) is 0 Å². The Balaban J connectivity index is 2.60. The Hall–Kier alpha value is -2.62. The maximum atomic E-state index is 8.93. The second-order valence-electron chi connectivity index (χ2n) is 2.96. The van der Waals surface area contributed by atoms with E-state index in [4.69, 9.17) is 11.0 Å². The Morgan fingerprint density at radius 1 is 1.56 bits per heavy atom. The van der Waals surface area contributed by atoms with Crippen LogP contribution in [0.1, 0.15) is 5.56 Å². The third-order valence-electron chi connectivity index (χ3n) is 2.04. The van der Waals surface area contributed by atoms with Crippen LogP contribution in [0.4, 0.5) is 11.6 Å². The molecule has 0 radical (unpaired) electrons.